The third-order valence-electron chi connectivity index (χ3n) is 1.81. The molecule has 0 saturated carbocycles. The topological polar surface area (TPSA) is 3.24 Å². The zero-order valence-corrected chi connectivity index (χ0v) is 11.1. The van der Waals surface area contributed by atoms with Crippen molar-refractivity contribution in [1.82, 2.24) is 4.90 Å². The van der Waals surface area contributed by atoms with Crippen molar-refractivity contribution in [1.29, 1.82) is 0 Å². The molecule has 0 aromatic rings. The van der Waals surface area contributed by atoms with Crippen LogP contribution in [0.4, 0.5) is 0 Å². The average molecular weight is 231 g/mol. The van der Waals surface area contributed by atoms with Crippen molar-refractivity contribution < 1.29 is 0 Å². The molecule has 0 saturated heterocycles. The molecular weight excluding hydrogens is 210 g/mol. The maximum absolute atomic E-state index is 5.15. The van der Waals surface area contributed by atoms with Crippen LogP contribution in [0, 0.1) is 0 Å². The van der Waals surface area contributed by atoms with E-state index in [1.54, 1.807) is 11.8 Å². The van der Waals surface area contributed by atoms with Gasteiger partial charge in [0, 0.05) is 19.8 Å². The van der Waals surface area contributed by atoms with Gasteiger partial charge in [0.05, 0.1) is 0 Å². The first-order valence-electron chi connectivity index (χ1n) is 5.17. The van der Waals surface area contributed by atoms with Gasteiger partial charge in [-0.25, -0.2) is 0 Å². The molecule has 82 valence electrons. The second-order valence-corrected chi connectivity index (χ2v) is 5.09. The standard InChI is InChI=1S/C11H21NS2/c1-4-5-6-7-8-9-10-14-11(13)12(2)3/h8-9H,4-7,10H2,1-3H3/b9-8+. The van der Waals surface area contributed by atoms with Gasteiger partial charge in [0.15, 0.2) is 0 Å². The predicted molar refractivity (Wildman–Crippen MR) is 72.0 cm³/mol. The van der Waals surface area contributed by atoms with Crippen LogP contribution in [0.15, 0.2) is 12.2 Å². The molecule has 0 atom stereocenters. The van der Waals surface area contributed by atoms with Gasteiger partial charge in [-0.2, -0.15) is 0 Å². The summed E-state index contributed by atoms with van der Waals surface area (Å²) < 4.78 is 0.961. The number of thioether (sulfide) groups is 1. The lowest BCUT2D eigenvalue weighted by molar-refractivity contribution is 0.648. The molecule has 0 radical (unpaired) electrons. The minimum Gasteiger partial charge on any atom is -0.364 e. The number of thiocarbonyl (C=S) groups is 1. The van der Waals surface area contributed by atoms with E-state index in [1.165, 1.54) is 25.7 Å². The molecule has 0 heterocycles. The number of rotatable bonds is 6. The van der Waals surface area contributed by atoms with Crippen LogP contribution >= 0.6 is 24.0 Å². The van der Waals surface area contributed by atoms with Crippen molar-refractivity contribution in [2.75, 3.05) is 19.8 Å². The number of hydrogen-bond donors (Lipinski definition) is 0. The third-order valence-corrected chi connectivity index (χ3v) is 3.50. The lowest BCUT2D eigenvalue weighted by Gasteiger charge is -2.10. The predicted octanol–water partition coefficient (Wildman–Crippen LogP) is 3.70. The average Bonchev–Trinajstić information content (AvgIpc) is 2.16. The Balaban J connectivity index is 3.31. The summed E-state index contributed by atoms with van der Waals surface area (Å²) in [6, 6.07) is 0. The van der Waals surface area contributed by atoms with E-state index in [1.807, 2.05) is 19.0 Å². The zero-order chi connectivity index (χ0) is 10.8. The molecule has 0 bridgehead atoms. The summed E-state index contributed by atoms with van der Waals surface area (Å²) in [5.74, 6) is 1.00. The number of hydrogen-bond acceptors (Lipinski definition) is 2. The van der Waals surface area contributed by atoms with Crippen LogP contribution in [0.2, 0.25) is 0 Å². The Kier molecular flexibility index (Phi) is 9.52. The molecular formula is C11H21NS2. The molecule has 3 heteroatoms. The van der Waals surface area contributed by atoms with Crippen LogP contribution in [0.5, 0.6) is 0 Å². The Labute approximate surface area is 97.9 Å². The fourth-order valence-corrected chi connectivity index (χ4v) is 1.78. The second kappa shape index (κ2) is 9.53. The van der Waals surface area contributed by atoms with Gasteiger partial charge in [-0.15, -0.1) is 0 Å². The van der Waals surface area contributed by atoms with Gasteiger partial charge in [-0.1, -0.05) is 55.9 Å². The van der Waals surface area contributed by atoms with Gasteiger partial charge in [-0.05, 0) is 12.8 Å². The highest BCUT2D eigenvalue weighted by Gasteiger charge is 1.95. The summed E-state index contributed by atoms with van der Waals surface area (Å²) in [4.78, 5) is 1.98. The van der Waals surface area contributed by atoms with Crippen molar-refractivity contribution >= 4 is 28.3 Å². The maximum atomic E-state index is 5.15. The van der Waals surface area contributed by atoms with E-state index in [0.717, 1.165) is 10.1 Å². The monoisotopic (exact) mass is 231 g/mol. The summed E-state index contributed by atoms with van der Waals surface area (Å²) in [5, 5.41) is 0. The van der Waals surface area contributed by atoms with Gasteiger partial charge in [-0.3, -0.25) is 0 Å². The van der Waals surface area contributed by atoms with Gasteiger partial charge in [0.1, 0.15) is 4.32 Å². The third kappa shape index (κ3) is 8.57. The van der Waals surface area contributed by atoms with Crippen LogP contribution in [0.3, 0.4) is 0 Å². The minimum atomic E-state index is 0.961. The molecule has 0 unspecified atom stereocenters. The van der Waals surface area contributed by atoms with E-state index in [4.69, 9.17) is 12.2 Å². The first kappa shape index (κ1) is 14.0. The Morgan fingerprint density at radius 3 is 2.57 bits per heavy atom. The second-order valence-electron chi connectivity index (χ2n) is 3.44. The maximum Gasteiger partial charge on any atom is 0.136 e. The molecule has 0 N–H and O–H groups in total. The summed E-state index contributed by atoms with van der Waals surface area (Å²) in [6.07, 6.45) is 9.65. The number of nitrogens with zero attached hydrogens (tertiary/aromatic N) is 1. The van der Waals surface area contributed by atoms with Crippen LogP contribution in [0.25, 0.3) is 0 Å². The normalized spacial score (nSPS) is 10.8. The Morgan fingerprint density at radius 1 is 1.29 bits per heavy atom. The first-order valence-corrected chi connectivity index (χ1v) is 6.57. The molecule has 0 aliphatic heterocycles. The Bertz CT molecular complexity index is 176. The van der Waals surface area contributed by atoms with E-state index in [-0.39, 0.29) is 0 Å². The largest absolute Gasteiger partial charge is 0.364 e. The van der Waals surface area contributed by atoms with Crippen LogP contribution in [-0.4, -0.2) is 29.1 Å². The number of unbranched alkanes of at least 4 members (excludes halogenated alkanes) is 3. The lowest BCUT2D eigenvalue weighted by atomic mass is 10.2. The molecule has 1 nitrogen and oxygen atoms in total. The zero-order valence-electron chi connectivity index (χ0n) is 9.45. The summed E-state index contributed by atoms with van der Waals surface area (Å²) >= 11 is 6.87. The molecule has 0 aromatic heterocycles. The van der Waals surface area contributed by atoms with Gasteiger partial charge in [0.2, 0.25) is 0 Å². The van der Waals surface area contributed by atoms with Crippen molar-refractivity contribution in [2.45, 2.75) is 32.6 Å². The molecule has 14 heavy (non-hydrogen) atoms. The van der Waals surface area contributed by atoms with Gasteiger partial charge in [0.25, 0.3) is 0 Å². The van der Waals surface area contributed by atoms with Crippen LogP contribution in [0.1, 0.15) is 32.6 Å². The van der Waals surface area contributed by atoms with Crippen molar-refractivity contribution in [3.05, 3.63) is 12.2 Å². The first-order chi connectivity index (χ1) is 6.68. The quantitative estimate of drug-likeness (QED) is 0.390. The smallest absolute Gasteiger partial charge is 0.136 e. The Morgan fingerprint density at radius 2 is 2.00 bits per heavy atom. The van der Waals surface area contributed by atoms with Crippen LogP contribution < -0.4 is 0 Å². The van der Waals surface area contributed by atoms with E-state index in [0.29, 0.717) is 0 Å². The van der Waals surface area contributed by atoms with E-state index >= 15 is 0 Å². The van der Waals surface area contributed by atoms with Gasteiger partial charge >= 0.3 is 0 Å². The molecule has 0 aliphatic rings. The molecule has 0 aromatic carbocycles. The van der Waals surface area contributed by atoms with Crippen molar-refractivity contribution in [2.24, 2.45) is 0 Å². The molecule has 0 fully saturated rings. The van der Waals surface area contributed by atoms with Crippen molar-refractivity contribution in [3.63, 3.8) is 0 Å². The fraction of sp³-hybridized carbons (Fsp3) is 0.727. The number of allylic oxidation sites excluding steroid dienone is 1. The Hall–Kier alpha value is -0.0200. The molecule has 0 aliphatic carbocycles. The van der Waals surface area contributed by atoms with E-state index in [9.17, 15) is 0 Å². The van der Waals surface area contributed by atoms with E-state index in [2.05, 4.69) is 19.1 Å². The lowest BCUT2D eigenvalue weighted by Crippen LogP contribution is -2.16. The molecule has 0 spiro atoms. The molecule has 0 amide bonds. The summed E-state index contributed by atoms with van der Waals surface area (Å²) in [5.41, 5.74) is 0. The van der Waals surface area contributed by atoms with E-state index < -0.39 is 0 Å². The van der Waals surface area contributed by atoms with Crippen LogP contribution in [-0.2, 0) is 0 Å². The highest BCUT2D eigenvalue weighted by atomic mass is 32.2. The fourth-order valence-electron chi connectivity index (χ4n) is 0.947. The van der Waals surface area contributed by atoms with Gasteiger partial charge < -0.3 is 4.90 Å². The molecule has 0 rings (SSSR count). The highest BCUT2D eigenvalue weighted by Crippen LogP contribution is 2.07. The SMILES string of the molecule is CCCCC/C=C/CSC(=S)N(C)C. The summed E-state index contributed by atoms with van der Waals surface area (Å²) in [6.45, 7) is 2.23. The minimum absolute atomic E-state index is 0.961. The summed E-state index contributed by atoms with van der Waals surface area (Å²) in [7, 11) is 3.97. The highest BCUT2D eigenvalue weighted by molar-refractivity contribution is 8.23. The van der Waals surface area contributed by atoms with Crippen molar-refractivity contribution in [3.8, 4) is 0 Å².